The largest absolute Gasteiger partial charge is 0.375 e. The van der Waals surface area contributed by atoms with Gasteiger partial charge in [0, 0.05) is 55.2 Å². The van der Waals surface area contributed by atoms with Crippen molar-refractivity contribution >= 4 is 39.6 Å². The highest BCUT2D eigenvalue weighted by Gasteiger charge is 2.49. The van der Waals surface area contributed by atoms with Gasteiger partial charge in [0.15, 0.2) is 0 Å². The van der Waals surface area contributed by atoms with E-state index < -0.39 is 0 Å². The summed E-state index contributed by atoms with van der Waals surface area (Å²) in [6, 6.07) is 37.6. The van der Waals surface area contributed by atoms with Gasteiger partial charge in [-0.1, -0.05) is 139 Å². The first kappa shape index (κ1) is 26.3. The van der Waals surface area contributed by atoms with Gasteiger partial charge in [0.1, 0.15) is 0 Å². The zero-order chi connectivity index (χ0) is 31.9. The van der Waals surface area contributed by atoms with Crippen molar-refractivity contribution in [3.05, 3.63) is 125 Å². The number of para-hydroxylation sites is 2. The first-order valence-electron chi connectivity index (χ1n) is 17.3. The Labute approximate surface area is 276 Å². The number of aromatic nitrogens is 2. The third kappa shape index (κ3) is 2.78. The van der Waals surface area contributed by atoms with Gasteiger partial charge < -0.3 is 9.05 Å². The molecule has 4 heterocycles. The van der Waals surface area contributed by atoms with Crippen molar-refractivity contribution in [1.29, 1.82) is 0 Å². The molecule has 11 rings (SSSR count). The lowest BCUT2D eigenvalue weighted by molar-refractivity contribution is 0.590. The van der Waals surface area contributed by atoms with Gasteiger partial charge in [-0.2, -0.15) is 0 Å². The summed E-state index contributed by atoms with van der Waals surface area (Å²) in [6.07, 6.45) is 0. The number of fused-ring (bicyclic) bond motifs is 14. The van der Waals surface area contributed by atoms with Crippen LogP contribution in [-0.2, 0) is 16.2 Å². The van der Waals surface area contributed by atoms with Gasteiger partial charge in [-0.15, -0.1) is 0 Å². The third-order valence-electron chi connectivity index (χ3n) is 12.4. The van der Waals surface area contributed by atoms with Gasteiger partial charge >= 0.3 is 6.85 Å². The van der Waals surface area contributed by atoms with Crippen LogP contribution in [0.2, 0.25) is 0 Å². The molecule has 0 atom stereocenters. The molecule has 2 aliphatic carbocycles. The Bertz CT molecular complexity index is 2610. The van der Waals surface area contributed by atoms with Crippen molar-refractivity contribution < 1.29 is 0 Å². The second-order valence-electron chi connectivity index (χ2n) is 16.5. The van der Waals surface area contributed by atoms with E-state index >= 15 is 0 Å². The summed E-state index contributed by atoms with van der Waals surface area (Å²) >= 11 is 0. The molecule has 0 unspecified atom stereocenters. The summed E-state index contributed by atoms with van der Waals surface area (Å²) in [5.41, 5.74) is 22.3. The van der Waals surface area contributed by atoms with Crippen LogP contribution in [0.3, 0.4) is 0 Å². The molecular formula is C44H37BN2. The van der Waals surface area contributed by atoms with Gasteiger partial charge in [0.2, 0.25) is 0 Å². The van der Waals surface area contributed by atoms with E-state index in [0.29, 0.717) is 0 Å². The van der Waals surface area contributed by atoms with E-state index in [1.807, 2.05) is 0 Å². The van der Waals surface area contributed by atoms with Gasteiger partial charge in [-0.25, -0.2) is 0 Å². The molecule has 0 saturated carbocycles. The minimum Gasteiger partial charge on any atom is -0.375 e. The fraction of sp³-hybridized carbons (Fsp3) is 0.227. The number of nitrogens with zero attached hydrogens (tertiary/aromatic N) is 2. The first-order valence-corrected chi connectivity index (χ1v) is 17.3. The highest BCUT2D eigenvalue weighted by atomic mass is 15.0. The SMILES string of the molecule is CC(C)(C)c1cc2c3c(c1)-n1c4c(c5cccc(c51)B3n1c3c(c5cccc-2c51)C(C)(C)c1ccccc1-3)C(C)(C)c1ccccc1-4. The monoisotopic (exact) mass is 604 g/mol. The second-order valence-corrected chi connectivity index (χ2v) is 16.5. The molecule has 0 N–H and O–H groups in total. The maximum atomic E-state index is 2.77. The summed E-state index contributed by atoms with van der Waals surface area (Å²) in [5.74, 6) is 0. The molecule has 47 heavy (non-hydrogen) atoms. The Hall–Kier alpha value is -4.76. The quantitative estimate of drug-likeness (QED) is 0.153. The normalized spacial score (nSPS) is 16.7. The van der Waals surface area contributed by atoms with E-state index in [0.717, 1.165) is 0 Å². The molecule has 0 radical (unpaired) electrons. The van der Waals surface area contributed by atoms with Gasteiger partial charge in [0.25, 0.3) is 0 Å². The average Bonchev–Trinajstić information content (AvgIpc) is 3.73. The van der Waals surface area contributed by atoms with Crippen molar-refractivity contribution in [2.75, 3.05) is 0 Å². The fourth-order valence-electron chi connectivity index (χ4n) is 10.4. The Morgan fingerprint density at radius 3 is 1.83 bits per heavy atom. The zero-order valence-electron chi connectivity index (χ0n) is 28.2. The predicted octanol–water partition coefficient (Wildman–Crippen LogP) is 9.44. The van der Waals surface area contributed by atoms with Crippen molar-refractivity contribution in [1.82, 2.24) is 9.05 Å². The molecule has 2 aromatic heterocycles. The van der Waals surface area contributed by atoms with E-state index in [2.05, 4.69) is 155 Å². The van der Waals surface area contributed by atoms with Crippen LogP contribution in [0.25, 0.3) is 61.1 Å². The van der Waals surface area contributed by atoms with Crippen molar-refractivity contribution in [2.24, 2.45) is 0 Å². The number of rotatable bonds is 0. The number of hydrogen-bond donors (Lipinski definition) is 0. The maximum Gasteiger partial charge on any atom is 0.333 e. The van der Waals surface area contributed by atoms with E-state index in [1.165, 1.54) is 99.9 Å². The predicted molar refractivity (Wildman–Crippen MR) is 198 cm³/mol. The lowest BCUT2D eigenvalue weighted by Gasteiger charge is -2.36. The van der Waals surface area contributed by atoms with Crippen molar-refractivity contribution in [3.8, 4) is 39.3 Å². The molecule has 3 heteroatoms. The third-order valence-corrected chi connectivity index (χ3v) is 12.4. The molecule has 0 amide bonds. The number of benzene rings is 5. The van der Waals surface area contributed by atoms with E-state index in [1.54, 1.807) is 0 Å². The highest BCUT2D eigenvalue weighted by Crippen LogP contribution is 2.57. The molecule has 0 saturated heterocycles. The van der Waals surface area contributed by atoms with Gasteiger partial charge in [-0.3, -0.25) is 0 Å². The second kappa shape index (κ2) is 7.85. The standard InChI is InChI=1S/C44H37BN2/c1-42(2,3)24-22-30-25-16-12-17-28-36-41(27-15-9-11-20-32(27)44(36,6)7)47(38(25)28)45-33-21-13-18-29-35-40(46(39(29)33)34(23-24)37(30)45)26-14-8-10-19-31(26)43(35,4)5/h8-23H,1-7H3. The summed E-state index contributed by atoms with van der Waals surface area (Å²) in [5, 5.41) is 2.80. The van der Waals surface area contributed by atoms with Crippen LogP contribution in [0.5, 0.6) is 0 Å². The summed E-state index contributed by atoms with van der Waals surface area (Å²) in [7, 11) is 0. The van der Waals surface area contributed by atoms with Crippen LogP contribution < -0.4 is 10.9 Å². The molecular weight excluding hydrogens is 567 g/mol. The average molecular weight is 605 g/mol. The molecule has 7 aromatic rings. The van der Waals surface area contributed by atoms with Gasteiger partial charge in [-0.05, 0) is 55.8 Å². The molecule has 4 aliphatic rings. The Morgan fingerprint density at radius 1 is 0.574 bits per heavy atom. The van der Waals surface area contributed by atoms with Crippen LogP contribution in [-0.4, -0.2) is 15.9 Å². The Balaban J connectivity index is 1.39. The van der Waals surface area contributed by atoms with Gasteiger partial charge in [0.05, 0.1) is 11.2 Å². The first-order chi connectivity index (χ1) is 22.5. The smallest absolute Gasteiger partial charge is 0.333 e. The molecule has 2 aliphatic heterocycles. The summed E-state index contributed by atoms with van der Waals surface area (Å²) in [6.45, 7) is 16.9. The summed E-state index contributed by atoms with van der Waals surface area (Å²) < 4.78 is 5.45. The van der Waals surface area contributed by atoms with Crippen LogP contribution in [0.4, 0.5) is 0 Å². The lowest BCUT2D eigenvalue weighted by Crippen LogP contribution is -2.55. The van der Waals surface area contributed by atoms with Crippen LogP contribution in [0.15, 0.2) is 97.1 Å². The molecule has 2 nitrogen and oxygen atoms in total. The highest BCUT2D eigenvalue weighted by molar-refractivity contribution is 6.89. The van der Waals surface area contributed by atoms with Crippen LogP contribution >= 0.6 is 0 Å². The van der Waals surface area contributed by atoms with Crippen molar-refractivity contribution in [3.63, 3.8) is 0 Å². The van der Waals surface area contributed by atoms with E-state index in [4.69, 9.17) is 0 Å². The van der Waals surface area contributed by atoms with Crippen molar-refractivity contribution in [2.45, 2.75) is 64.7 Å². The minimum atomic E-state index is -0.0907. The lowest BCUT2D eigenvalue weighted by atomic mass is 9.45. The molecule has 0 spiro atoms. The van der Waals surface area contributed by atoms with Crippen LogP contribution in [0, 0.1) is 0 Å². The summed E-state index contributed by atoms with van der Waals surface area (Å²) in [4.78, 5) is 0. The van der Waals surface area contributed by atoms with E-state index in [9.17, 15) is 0 Å². The zero-order valence-corrected chi connectivity index (χ0v) is 28.2. The topological polar surface area (TPSA) is 9.86 Å². The molecule has 226 valence electrons. The molecule has 5 aromatic carbocycles. The number of hydrogen-bond acceptors (Lipinski definition) is 0. The maximum absolute atomic E-state index is 2.77. The van der Waals surface area contributed by atoms with E-state index in [-0.39, 0.29) is 23.1 Å². The Kier molecular flexibility index (Phi) is 4.40. The fourth-order valence-corrected chi connectivity index (χ4v) is 10.4. The molecule has 0 fully saturated rings. The molecule has 0 bridgehead atoms. The van der Waals surface area contributed by atoms with Crippen LogP contribution in [0.1, 0.15) is 76.3 Å². The Morgan fingerprint density at radius 2 is 1.15 bits per heavy atom. The minimum absolute atomic E-state index is 0.000632.